The Labute approximate surface area is 122 Å². The molecular weight excluding hydrogens is 246 g/mol. The summed E-state index contributed by atoms with van der Waals surface area (Å²) in [5.74, 6) is 1.75. The summed E-state index contributed by atoms with van der Waals surface area (Å²) in [6, 6.07) is 8.49. The molecule has 1 aromatic heterocycles. The van der Waals surface area contributed by atoms with Crippen LogP contribution in [0.4, 0.5) is 0 Å². The Hall–Kier alpha value is -1.35. The Morgan fingerprint density at radius 1 is 1.15 bits per heavy atom. The van der Waals surface area contributed by atoms with E-state index in [-0.39, 0.29) is 0 Å². The summed E-state index contributed by atoms with van der Waals surface area (Å²) in [6.45, 7) is 13.3. The number of fused-ring (bicyclic) bond motifs is 1. The lowest BCUT2D eigenvalue weighted by Gasteiger charge is -2.20. The van der Waals surface area contributed by atoms with Gasteiger partial charge in [0.2, 0.25) is 0 Å². The van der Waals surface area contributed by atoms with Crippen molar-refractivity contribution in [2.24, 2.45) is 0 Å². The number of nitrogens with zero attached hydrogens (tertiary/aromatic N) is 3. The predicted octanol–water partition coefficient (Wildman–Crippen LogP) is 3.89. The molecule has 0 radical (unpaired) electrons. The second-order valence-corrected chi connectivity index (χ2v) is 5.45. The highest BCUT2D eigenvalue weighted by atomic mass is 15.2. The molecule has 0 saturated carbocycles. The molecule has 0 aliphatic heterocycles. The van der Waals surface area contributed by atoms with Crippen LogP contribution in [0.5, 0.6) is 0 Å². The van der Waals surface area contributed by atoms with Crippen molar-refractivity contribution in [3.63, 3.8) is 0 Å². The molecule has 1 aromatic carbocycles. The SMILES string of the molecule is CCC(C)c1nc2ccccc2n1CCN(CC)CC. The van der Waals surface area contributed by atoms with E-state index in [1.54, 1.807) is 0 Å². The topological polar surface area (TPSA) is 21.1 Å². The average Bonchev–Trinajstić information content (AvgIpc) is 2.86. The molecule has 3 nitrogen and oxygen atoms in total. The summed E-state index contributed by atoms with van der Waals surface area (Å²) >= 11 is 0. The normalized spacial score (nSPS) is 13.2. The van der Waals surface area contributed by atoms with Gasteiger partial charge in [-0.2, -0.15) is 0 Å². The van der Waals surface area contributed by atoms with Crippen LogP contribution in [-0.4, -0.2) is 34.1 Å². The molecule has 0 bridgehead atoms. The molecule has 0 saturated heterocycles. The third-order valence-electron chi connectivity index (χ3n) is 4.27. The molecule has 0 amide bonds. The van der Waals surface area contributed by atoms with Crippen molar-refractivity contribution >= 4 is 11.0 Å². The molecular formula is C17H27N3. The largest absolute Gasteiger partial charge is 0.326 e. The van der Waals surface area contributed by atoms with Gasteiger partial charge in [0.25, 0.3) is 0 Å². The van der Waals surface area contributed by atoms with E-state index < -0.39 is 0 Å². The smallest absolute Gasteiger partial charge is 0.112 e. The lowest BCUT2D eigenvalue weighted by molar-refractivity contribution is 0.290. The van der Waals surface area contributed by atoms with Crippen LogP contribution in [0.2, 0.25) is 0 Å². The molecule has 3 heteroatoms. The lowest BCUT2D eigenvalue weighted by Crippen LogP contribution is -2.27. The van der Waals surface area contributed by atoms with Crippen molar-refractivity contribution in [3.8, 4) is 0 Å². The maximum absolute atomic E-state index is 4.86. The fourth-order valence-electron chi connectivity index (χ4n) is 2.67. The molecule has 20 heavy (non-hydrogen) atoms. The Kier molecular flexibility index (Phi) is 5.18. The summed E-state index contributed by atoms with van der Waals surface area (Å²) in [4.78, 5) is 7.32. The molecule has 0 fully saturated rings. The summed E-state index contributed by atoms with van der Waals surface area (Å²) in [7, 11) is 0. The van der Waals surface area contributed by atoms with E-state index in [0.717, 1.165) is 38.1 Å². The zero-order chi connectivity index (χ0) is 14.5. The number of imidazole rings is 1. The molecule has 0 spiro atoms. The Bertz CT molecular complexity index is 540. The van der Waals surface area contributed by atoms with Gasteiger partial charge in [0.15, 0.2) is 0 Å². The fraction of sp³-hybridized carbons (Fsp3) is 0.588. The predicted molar refractivity (Wildman–Crippen MR) is 86.2 cm³/mol. The van der Waals surface area contributed by atoms with Crippen molar-refractivity contribution in [1.82, 2.24) is 14.5 Å². The Morgan fingerprint density at radius 3 is 2.50 bits per heavy atom. The number of hydrogen-bond acceptors (Lipinski definition) is 2. The number of rotatable bonds is 7. The monoisotopic (exact) mass is 273 g/mol. The first-order chi connectivity index (χ1) is 9.71. The summed E-state index contributed by atoms with van der Waals surface area (Å²) < 4.78 is 2.42. The molecule has 1 unspecified atom stereocenters. The molecule has 110 valence electrons. The van der Waals surface area contributed by atoms with Crippen molar-refractivity contribution in [2.75, 3.05) is 19.6 Å². The van der Waals surface area contributed by atoms with Gasteiger partial charge in [-0.1, -0.05) is 39.8 Å². The van der Waals surface area contributed by atoms with Gasteiger partial charge in [0.1, 0.15) is 5.82 Å². The van der Waals surface area contributed by atoms with E-state index in [4.69, 9.17) is 4.98 Å². The van der Waals surface area contributed by atoms with Gasteiger partial charge in [-0.05, 0) is 31.6 Å². The van der Waals surface area contributed by atoms with Gasteiger partial charge in [0.05, 0.1) is 11.0 Å². The zero-order valence-corrected chi connectivity index (χ0v) is 13.3. The summed E-state index contributed by atoms with van der Waals surface area (Å²) in [6.07, 6.45) is 1.13. The van der Waals surface area contributed by atoms with Crippen molar-refractivity contribution in [2.45, 2.75) is 46.6 Å². The van der Waals surface area contributed by atoms with Gasteiger partial charge in [-0.3, -0.25) is 0 Å². The van der Waals surface area contributed by atoms with Gasteiger partial charge >= 0.3 is 0 Å². The minimum atomic E-state index is 0.513. The molecule has 0 aliphatic carbocycles. The third-order valence-corrected chi connectivity index (χ3v) is 4.27. The summed E-state index contributed by atoms with van der Waals surface area (Å²) in [5.41, 5.74) is 2.40. The van der Waals surface area contributed by atoms with E-state index in [1.807, 2.05) is 0 Å². The third kappa shape index (κ3) is 3.04. The first-order valence-electron chi connectivity index (χ1n) is 7.88. The summed E-state index contributed by atoms with van der Waals surface area (Å²) in [5, 5.41) is 0. The minimum Gasteiger partial charge on any atom is -0.326 e. The first-order valence-corrected chi connectivity index (χ1v) is 7.88. The molecule has 0 aliphatic rings. The average molecular weight is 273 g/mol. The van der Waals surface area contributed by atoms with E-state index >= 15 is 0 Å². The number of hydrogen-bond donors (Lipinski definition) is 0. The number of benzene rings is 1. The van der Waals surface area contributed by atoms with Crippen LogP contribution < -0.4 is 0 Å². The quantitative estimate of drug-likeness (QED) is 0.763. The Balaban J connectivity index is 2.33. The molecule has 0 N–H and O–H groups in total. The van der Waals surface area contributed by atoms with Crippen LogP contribution >= 0.6 is 0 Å². The first kappa shape index (κ1) is 15.0. The second-order valence-electron chi connectivity index (χ2n) is 5.45. The number of aromatic nitrogens is 2. The molecule has 1 heterocycles. The molecule has 2 aromatic rings. The van der Waals surface area contributed by atoms with Crippen LogP contribution in [0.3, 0.4) is 0 Å². The maximum Gasteiger partial charge on any atom is 0.112 e. The highest BCUT2D eigenvalue weighted by Crippen LogP contribution is 2.23. The van der Waals surface area contributed by atoms with Crippen LogP contribution in [0, 0.1) is 0 Å². The highest BCUT2D eigenvalue weighted by Gasteiger charge is 2.15. The van der Waals surface area contributed by atoms with Crippen molar-refractivity contribution < 1.29 is 0 Å². The molecule has 1 atom stereocenters. The van der Waals surface area contributed by atoms with Crippen molar-refractivity contribution in [1.29, 1.82) is 0 Å². The van der Waals surface area contributed by atoms with E-state index in [1.165, 1.54) is 11.3 Å². The standard InChI is InChI=1S/C17H27N3/c1-5-14(4)17-18-15-10-8-9-11-16(15)20(17)13-12-19(6-2)7-3/h8-11,14H,5-7,12-13H2,1-4H3. The number of likely N-dealkylation sites (N-methyl/N-ethyl adjacent to an activating group) is 1. The minimum absolute atomic E-state index is 0.513. The van der Waals surface area contributed by atoms with Gasteiger partial charge in [-0.15, -0.1) is 0 Å². The van der Waals surface area contributed by atoms with E-state index in [2.05, 4.69) is 61.4 Å². The molecule has 2 rings (SSSR count). The lowest BCUT2D eigenvalue weighted by atomic mass is 10.1. The van der Waals surface area contributed by atoms with Gasteiger partial charge in [-0.25, -0.2) is 4.98 Å². The highest BCUT2D eigenvalue weighted by molar-refractivity contribution is 5.76. The maximum atomic E-state index is 4.86. The zero-order valence-electron chi connectivity index (χ0n) is 13.3. The Morgan fingerprint density at radius 2 is 1.85 bits per heavy atom. The second kappa shape index (κ2) is 6.89. The van der Waals surface area contributed by atoms with Crippen LogP contribution in [0.1, 0.15) is 45.9 Å². The van der Waals surface area contributed by atoms with Crippen LogP contribution in [-0.2, 0) is 6.54 Å². The van der Waals surface area contributed by atoms with Crippen LogP contribution in [0.15, 0.2) is 24.3 Å². The van der Waals surface area contributed by atoms with E-state index in [0.29, 0.717) is 5.92 Å². The number of para-hydroxylation sites is 2. The van der Waals surface area contributed by atoms with Gasteiger partial charge < -0.3 is 9.47 Å². The van der Waals surface area contributed by atoms with Gasteiger partial charge in [0, 0.05) is 19.0 Å². The van der Waals surface area contributed by atoms with Crippen molar-refractivity contribution in [3.05, 3.63) is 30.1 Å². The van der Waals surface area contributed by atoms with Crippen LogP contribution in [0.25, 0.3) is 11.0 Å². The fourth-order valence-corrected chi connectivity index (χ4v) is 2.67. The van der Waals surface area contributed by atoms with E-state index in [9.17, 15) is 0 Å².